The molecule has 1 rings (SSSR count). The van der Waals surface area contributed by atoms with E-state index in [4.69, 9.17) is 0 Å². The first-order chi connectivity index (χ1) is 7.26. The third-order valence-corrected chi connectivity index (χ3v) is 2.52. The summed E-state index contributed by atoms with van der Waals surface area (Å²) in [5.74, 6) is 0.974. The number of hydrogen-bond acceptors (Lipinski definition) is 3. The van der Waals surface area contributed by atoms with Gasteiger partial charge in [0.15, 0.2) is 0 Å². The van der Waals surface area contributed by atoms with Crippen LogP contribution in [0, 0.1) is 6.92 Å². The van der Waals surface area contributed by atoms with Gasteiger partial charge in [0, 0.05) is 18.8 Å². The number of likely N-dealkylation sites (N-methyl/N-ethyl adjacent to an activating group) is 1. The Labute approximate surface area is 92.5 Å². The summed E-state index contributed by atoms with van der Waals surface area (Å²) in [5.41, 5.74) is 1.06. The van der Waals surface area contributed by atoms with Gasteiger partial charge in [-0.05, 0) is 32.1 Å². The highest BCUT2D eigenvalue weighted by Gasteiger charge is 1.98. The summed E-state index contributed by atoms with van der Waals surface area (Å²) < 4.78 is 0. The lowest BCUT2D eigenvalue weighted by molar-refractivity contribution is 0.316. The van der Waals surface area contributed by atoms with E-state index in [1.54, 1.807) is 0 Å². The molecule has 0 fully saturated rings. The van der Waals surface area contributed by atoms with Gasteiger partial charge in [-0.15, -0.1) is 0 Å². The topological polar surface area (TPSA) is 28.2 Å². The van der Waals surface area contributed by atoms with Crippen molar-refractivity contribution in [3.8, 4) is 0 Å². The number of nitrogens with zero attached hydrogens (tertiary/aromatic N) is 2. The molecule has 15 heavy (non-hydrogen) atoms. The Kier molecular flexibility index (Phi) is 5.12. The van der Waals surface area contributed by atoms with Gasteiger partial charge in [-0.1, -0.05) is 19.9 Å². The van der Waals surface area contributed by atoms with Gasteiger partial charge in [0.1, 0.15) is 5.82 Å². The van der Waals surface area contributed by atoms with Gasteiger partial charge >= 0.3 is 0 Å². The quantitative estimate of drug-likeness (QED) is 0.774. The minimum Gasteiger partial charge on any atom is -0.369 e. The number of pyridine rings is 1. The van der Waals surface area contributed by atoms with Gasteiger partial charge < -0.3 is 10.2 Å². The van der Waals surface area contributed by atoms with E-state index in [1.807, 2.05) is 25.1 Å². The van der Waals surface area contributed by atoms with Crippen LogP contribution in [0.3, 0.4) is 0 Å². The fourth-order valence-corrected chi connectivity index (χ4v) is 1.52. The number of anilines is 1. The van der Waals surface area contributed by atoms with Gasteiger partial charge in [0.25, 0.3) is 0 Å². The first kappa shape index (κ1) is 12.0. The van der Waals surface area contributed by atoms with Crippen molar-refractivity contribution in [1.82, 2.24) is 9.88 Å². The molecule has 84 valence electrons. The molecule has 0 spiro atoms. The van der Waals surface area contributed by atoms with E-state index in [0.29, 0.717) is 0 Å². The summed E-state index contributed by atoms with van der Waals surface area (Å²) in [7, 11) is 0. The molecule has 1 aromatic rings. The molecular weight excluding hydrogens is 186 g/mol. The Morgan fingerprint density at radius 3 is 2.60 bits per heavy atom. The molecule has 0 aromatic carbocycles. The van der Waals surface area contributed by atoms with E-state index in [1.165, 1.54) is 0 Å². The van der Waals surface area contributed by atoms with E-state index in [2.05, 4.69) is 29.0 Å². The Morgan fingerprint density at radius 2 is 2.00 bits per heavy atom. The number of rotatable bonds is 6. The molecular formula is C12H21N3. The molecule has 0 bridgehead atoms. The minimum absolute atomic E-state index is 0.956. The van der Waals surface area contributed by atoms with Crippen LogP contribution in [-0.4, -0.2) is 36.1 Å². The molecule has 0 saturated carbocycles. The van der Waals surface area contributed by atoms with Crippen LogP contribution in [0.2, 0.25) is 0 Å². The van der Waals surface area contributed by atoms with Crippen molar-refractivity contribution >= 4 is 5.82 Å². The highest BCUT2D eigenvalue weighted by Crippen LogP contribution is 2.02. The summed E-state index contributed by atoms with van der Waals surface area (Å²) in [6.45, 7) is 10.6. The molecule has 0 saturated heterocycles. The van der Waals surface area contributed by atoms with E-state index in [-0.39, 0.29) is 0 Å². The SMILES string of the molecule is CCN(CC)CCNc1cccc(C)n1. The Morgan fingerprint density at radius 1 is 1.27 bits per heavy atom. The number of nitrogens with one attached hydrogen (secondary N) is 1. The van der Waals surface area contributed by atoms with E-state index in [9.17, 15) is 0 Å². The van der Waals surface area contributed by atoms with Crippen LogP contribution >= 0.6 is 0 Å². The molecule has 0 radical (unpaired) electrons. The molecule has 1 aromatic heterocycles. The zero-order valence-corrected chi connectivity index (χ0v) is 9.95. The van der Waals surface area contributed by atoms with Gasteiger partial charge in [0.05, 0.1) is 0 Å². The van der Waals surface area contributed by atoms with Crippen molar-refractivity contribution in [2.45, 2.75) is 20.8 Å². The van der Waals surface area contributed by atoms with Gasteiger partial charge in [-0.25, -0.2) is 4.98 Å². The lowest BCUT2D eigenvalue weighted by Gasteiger charge is -2.18. The van der Waals surface area contributed by atoms with Crippen LogP contribution in [0.5, 0.6) is 0 Å². The monoisotopic (exact) mass is 207 g/mol. The maximum Gasteiger partial charge on any atom is 0.126 e. The lowest BCUT2D eigenvalue weighted by atomic mass is 10.3. The molecule has 3 nitrogen and oxygen atoms in total. The average molecular weight is 207 g/mol. The van der Waals surface area contributed by atoms with Crippen LogP contribution in [0.25, 0.3) is 0 Å². The Bertz CT molecular complexity index is 282. The summed E-state index contributed by atoms with van der Waals surface area (Å²) in [5, 5.41) is 3.33. The molecule has 0 aliphatic rings. The van der Waals surface area contributed by atoms with Gasteiger partial charge in [-0.2, -0.15) is 0 Å². The minimum atomic E-state index is 0.956. The van der Waals surface area contributed by atoms with Crippen molar-refractivity contribution in [1.29, 1.82) is 0 Å². The van der Waals surface area contributed by atoms with Crippen molar-refractivity contribution < 1.29 is 0 Å². The Hall–Kier alpha value is -1.09. The molecule has 0 aliphatic heterocycles. The summed E-state index contributed by atoms with van der Waals surface area (Å²) in [4.78, 5) is 6.78. The fourth-order valence-electron chi connectivity index (χ4n) is 1.52. The summed E-state index contributed by atoms with van der Waals surface area (Å²) in [6.07, 6.45) is 0. The molecule has 0 atom stereocenters. The molecule has 1 N–H and O–H groups in total. The standard InChI is InChI=1S/C12H21N3/c1-4-15(5-2)10-9-13-12-8-6-7-11(3)14-12/h6-8H,4-5,9-10H2,1-3H3,(H,13,14). The molecule has 1 heterocycles. The van der Waals surface area contributed by atoms with Gasteiger partial charge in [0.2, 0.25) is 0 Å². The molecule has 3 heteroatoms. The van der Waals surface area contributed by atoms with Crippen LogP contribution in [0.15, 0.2) is 18.2 Å². The highest BCUT2D eigenvalue weighted by atomic mass is 15.1. The van der Waals surface area contributed by atoms with E-state index < -0.39 is 0 Å². The summed E-state index contributed by atoms with van der Waals surface area (Å²) in [6, 6.07) is 6.05. The highest BCUT2D eigenvalue weighted by molar-refractivity contribution is 5.34. The van der Waals surface area contributed by atoms with Gasteiger partial charge in [-0.3, -0.25) is 0 Å². The van der Waals surface area contributed by atoms with Crippen molar-refractivity contribution in [2.24, 2.45) is 0 Å². The number of aryl methyl sites for hydroxylation is 1. The van der Waals surface area contributed by atoms with Crippen LogP contribution < -0.4 is 5.32 Å². The molecule has 0 aliphatic carbocycles. The predicted octanol–water partition coefficient (Wildman–Crippen LogP) is 2.14. The first-order valence-electron chi connectivity index (χ1n) is 5.66. The van der Waals surface area contributed by atoms with Crippen LogP contribution in [0.4, 0.5) is 5.82 Å². The maximum atomic E-state index is 4.39. The molecule has 0 amide bonds. The maximum absolute atomic E-state index is 4.39. The van der Waals surface area contributed by atoms with Crippen molar-refractivity contribution in [2.75, 3.05) is 31.5 Å². The van der Waals surface area contributed by atoms with Crippen LogP contribution in [-0.2, 0) is 0 Å². The van der Waals surface area contributed by atoms with Crippen molar-refractivity contribution in [3.05, 3.63) is 23.9 Å². The van der Waals surface area contributed by atoms with E-state index >= 15 is 0 Å². The first-order valence-corrected chi connectivity index (χ1v) is 5.66. The summed E-state index contributed by atoms with van der Waals surface area (Å²) >= 11 is 0. The molecule has 0 unspecified atom stereocenters. The zero-order valence-electron chi connectivity index (χ0n) is 9.95. The predicted molar refractivity (Wildman–Crippen MR) is 65.3 cm³/mol. The second kappa shape index (κ2) is 6.40. The number of hydrogen-bond donors (Lipinski definition) is 1. The largest absolute Gasteiger partial charge is 0.369 e. The smallest absolute Gasteiger partial charge is 0.126 e. The normalized spacial score (nSPS) is 10.7. The van der Waals surface area contributed by atoms with E-state index in [0.717, 1.165) is 37.7 Å². The lowest BCUT2D eigenvalue weighted by Crippen LogP contribution is -2.28. The van der Waals surface area contributed by atoms with Crippen molar-refractivity contribution in [3.63, 3.8) is 0 Å². The number of aromatic nitrogens is 1. The zero-order chi connectivity index (χ0) is 11.1. The Balaban J connectivity index is 2.31. The fraction of sp³-hybridized carbons (Fsp3) is 0.583. The van der Waals surface area contributed by atoms with Crippen LogP contribution in [0.1, 0.15) is 19.5 Å². The average Bonchev–Trinajstić information content (AvgIpc) is 2.25. The third kappa shape index (κ3) is 4.30. The second-order valence-electron chi connectivity index (χ2n) is 3.62. The third-order valence-electron chi connectivity index (χ3n) is 2.52. The second-order valence-corrected chi connectivity index (χ2v) is 3.62.